The monoisotopic (exact) mass is 516 g/mol. The summed E-state index contributed by atoms with van der Waals surface area (Å²) in [5.74, 6) is -1.02. The summed E-state index contributed by atoms with van der Waals surface area (Å²) in [5.41, 5.74) is 1.63. The first kappa shape index (κ1) is 28.0. The van der Waals surface area contributed by atoms with Crippen LogP contribution >= 0.6 is 0 Å². The van der Waals surface area contributed by atoms with Crippen molar-refractivity contribution in [1.82, 2.24) is 20.5 Å². The lowest BCUT2D eigenvalue weighted by Crippen LogP contribution is -2.52. The minimum Gasteiger partial charge on any atom is -0.423 e. The second-order valence-electron chi connectivity index (χ2n) is 8.83. The quantitative estimate of drug-likeness (QED) is 0.475. The van der Waals surface area contributed by atoms with Crippen molar-refractivity contribution in [3.8, 4) is 0 Å². The van der Waals surface area contributed by atoms with Gasteiger partial charge in [0.2, 0.25) is 0 Å². The number of hydrogen-bond acceptors (Lipinski definition) is 6. The molecule has 1 aromatic carbocycles. The lowest BCUT2D eigenvalue weighted by Gasteiger charge is -2.25. The molecule has 0 spiro atoms. The number of para-hydroxylation sites is 1. The Morgan fingerprint density at radius 1 is 1.21 bits per heavy atom. The van der Waals surface area contributed by atoms with E-state index in [1.807, 2.05) is 13.0 Å². The number of benzene rings is 1. The number of urea groups is 1. The highest BCUT2D eigenvalue weighted by Gasteiger charge is 2.27. The second-order valence-corrected chi connectivity index (χ2v) is 8.83. The van der Waals surface area contributed by atoms with E-state index in [0.29, 0.717) is 28.1 Å². The van der Waals surface area contributed by atoms with Crippen molar-refractivity contribution in [3.63, 3.8) is 0 Å². The van der Waals surface area contributed by atoms with E-state index in [4.69, 9.17) is 4.42 Å². The van der Waals surface area contributed by atoms with E-state index in [9.17, 15) is 19.2 Å². The lowest BCUT2D eigenvalue weighted by atomic mass is 10.1. The van der Waals surface area contributed by atoms with E-state index in [1.54, 1.807) is 44.2 Å². The number of nitrogens with zero attached hydrogens (tertiary/aromatic N) is 2. The van der Waals surface area contributed by atoms with Gasteiger partial charge in [-0.3, -0.25) is 19.5 Å². The number of allylic oxidation sites excluding steroid dienone is 1. The number of aromatic nitrogens is 1. The number of unbranched alkanes of at least 4 members (excludes halogenated alkanes) is 1. The SMILES string of the molecule is C=C(/C=c1/oc(=O)cc(C)/c1=C/C)NC(=O)N(CCCC)C(=O)[C@@H](C)NC(=O)c1ccnc2ccccc12. The van der Waals surface area contributed by atoms with Crippen molar-refractivity contribution in [1.29, 1.82) is 0 Å². The first-order chi connectivity index (χ1) is 18.2. The van der Waals surface area contributed by atoms with Crippen molar-refractivity contribution in [3.05, 3.63) is 87.1 Å². The zero-order valence-corrected chi connectivity index (χ0v) is 22.0. The van der Waals surface area contributed by atoms with E-state index in [1.165, 1.54) is 25.3 Å². The van der Waals surface area contributed by atoms with Crippen LogP contribution in [0.4, 0.5) is 4.79 Å². The minimum atomic E-state index is -0.981. The molecule has 1 atom stereocenters. The van der Waals surface area contributed by atoms with Crippen molar-refractivity contribution >= 4 is 40.9 Å². The van der Waals surface area contributed by atoms with E-state index in [0.717, 1.165) is 16.9 Å². The minimum absolute atomic E-state index is 0.140. The molecule has 2 N–H and O–H groups in total. The molecule has 0 fully saturated rings. The van der Waals surface area contributed by atoms with Gasteiger partial charge in [-0.1, -0.05) is 44.2 Å². The van der Waals surface area contributed by atoms with Gasteiger partial charge in [0.05, 0.1) is 11.1 Å². The number of amides is 4. The Morgan fingerprint density at radius 2 is 1.95 bits per heavy atom. The summed E-state index contributed by atoms with van der Waals surface area (Å²) in [6.07, 6.45) is 6.08. The van der Waals surface area contributed by atoms with Crippen LogP contribution in [0, 0.1) is 6.92 Å². The third kappa shape index (κ3) is 6.61. The summed E-state index contributed by atoms with van der Waals surface area (Å²) in [4.78, 5) is 56.5. The number of aryl methyl sites for hydroxylation is 1. The number of carbonyl (C=O) groups excluding carboxylic acids is 3. The van der Waals surface area contributed by atoms with Gasteiger partial charge in [0.25, 0.3) is 11.8 Å². The van der Waals surface area contributed by atoms with Crippen LogP contribution in [0.2, 0.25) is 0 Å². The molecule has 9 nitrogen and oxygen atoms in total. The Morgan fingerprint density at radius 3 is 2.66 bits per heavy atom. The van der Waals surface area contributed by atoms with Gasteiger partial charge in [-0.15, -0.1) is 0 Å². The predicted molar refractivity (Wildman–Crippen MR) is 147 cm³/mol. The van der Waals surface area contributed by atoms with Gasteiger partial charge in [-0.25, -0.2) is 9.59 Å². The molecule has 2 aromatic heterocycles. The number of hydrogen-bond donors (Lipinski definition) is 2. The topological polar surface area (TPSA) is 122 Å². The first-order valence-electron chi connectivity index (χ1n) is 12.4. The number of rotatable bonds is 8. The van der Waals surface area contributed by atoms with Crippen LogP contribution in [0.25, 0.3) is 23.1 Å². The van der Waals surface area contributed by atoms with Crippen LogP contribution in [0.1, 0.15) is 49.5 Å². The van der Waals surface area contributed by atoms with Gasteiger partial charge in [0.1, 0.15) is 11.5 Å². The highest BCUT2D eigenvalue weighted by molar-refractivity contribution is 6.08. The Labute approximate surface area is 220 Å². The molecule has 0 aliphatic carbocycles. The van der Waals surface area contributed by atoms with Crippen molar-refractivity contribution in [2.24, 2.45) is 0 Å². The average Bonchev–Trinajstić information content (AvgIpc) is 2.88. The standard InChI is InChI=1S/C29H32N4O5/c1-6-8-15-33(29(37)31-19(4)17-25-21(7-2)18(3)16-26(34)38-25)28(36)20(5)32-27(35)23-13-14-30-24-12-10-9-11-22(23)24/h7,9-14,16-17,20H,4,6,8,15H2,1-3,5H3,(H,31,37)(H,32,35)/b21-7-,25-17+/t20-/m1/s1. The van der Waals surface area contributed by atoms with Gasteiger partial charge in [0.15, 0.2) is 0 Å². The molecule has 38 heavy (non-hydrogen) atoms. The maximum absolute atomic E-state index is 13.3. The van der Waals surface area contributed by atoms with Crippen LogP contribution in [-0.4, -0.2) is 40.3 Å². The molecule has 3 aromatic rings. The third-order valence-corrected chi connectivity index (χ3v) is 5.95. The molecule has 2 heterocycles. The lowest BCUT2D eigenvalue weighted by molar-refractivity contribution is -0.129. The van der Waals surface area contributed by atoms with Gasteiger partial charge in [-0.2, -0.15) is 0 Å². The Balaban J connectivity index is 1.79. The fourth-order valence-corrected chi connectivity index (χ4v) is 4.01. The van der Waals surface area contributed by atoms with Crippen LogP contribution in [0.15, 0.2) is 64.1 Å². The zero-order valence-electron chi connectivity index (χ0n) is 22.0. The normalized spacial score (nSPS) is 12.7. The van der Waals surface area contributed by atoms with E-state index in [2.05, 4.69) is 22.2 Å². The molecule has 0 saturated carbocycles. The summed E-state index contributed by atoms with van der Waals surface area (Å²) in [5, 5.41) is 6.64. The molecule has 0 radical (unpaired) electrons. The van der Waals surface area contributed by atoms with E-state index >= 15 is 0 Å². The molecule has 9 heteroatoms. The molecule has 0 bridgehead atoms. The predicted octanol–water partition coefficient (Wildman–Crippen LogP) is 2.75. The highest BCUT2D eigenvalue weighted by Crippen LogP contribution is 2.16. The van der Waals surface area contributed by atoms with Gasteiger partial charge in [-0.05, 0) is 44.9 Å². The molecule has 198 valence electrons. The van der Waals surface area contributed by atoms with Crippen LogP contribution in [0.5, 0.6) is 0 Å². The Kier molecular flexibility index (Phi) is 9.32. The first-order valence-corrected chi connectivity index (χ1v) is 12.4. The number of carbonyl (C=O) groups is 3. The number of imide groups is 1. The highest BCUT2D eigenvalue weighted by atomic mass is 16.4. The maximum Gasteiger partial charge on any atom is 0.336 e. The maximum atomic E-state index is 13.3. The van der Waals surface area contributed by atoms with E-state index in [-0.39, 0.29) is 17.7 Å². The molecule has 3 rings (SSSR count). The molecule has 0 saturated heterocycles. The molecular formula is C29H32N4O5. The van der Waals surface area contributed by atoms with Crippen molar-refractivity contribution in [2.75, 3.05) is 6.54 Å². The molecule has 4 amide bonds. The number of pyridine rings is 1. The molecule has 0 aliphatic heterocycles. The van der Waals surface area contributed by atoms with Crippen LogP contribution in [0.3, 0.4) is 0 Å². The Hall–Kier alpha value is -4.53. The zero-order chi connectivity index (χ0) is 27.8. The summed E-state index contributed by atoms with van der Waals surface area (Å²) in [6, 6.07) is 8.50. The number of nitrogens with one attached hydrogen (secondary N) is 2. The van der Waals surface area contributed by atoms with Crippen LogP contribution < -0.4 is 26.9 Å². The summed E-state index contributed by atoms with van der Waals surface area (Å²) < 4.78 is 5.27. The fourth-order valence-electron chi connectivity index (χ4n) is 4.01. The summed E-state index contributed by atoms with van der Waals surface area (Å²) in [7, 11) is 0. The van der Waals surface area contributed by atoms with Crippen molar-refractivity contribution < 1.29 is 18.8 Å². The second kappa shape index (κ2) is 12.6. The van der Waals surface area contributed by atoms with Gasteiger partial charge < -0.3 is 15.1 Å². The Bertz CT molecular complexity index is 1550. The van der Waals surface area contributed by atoms with Gasteiger partial charge >= 0.3 is 11.7 Å². The largest absolute Gasteiger partial charge is 0.423 e. The summed E-state index contributed by atoms with van der Waals surface area (Å²) in [6.45, 7) is 11.0. The average molecular weight is 517 g/mol. The van der Waals surface area contributed by atoms with Crippen LogP contribution in [-0.2, 0) is 4.79 Å². The molecule has 0 unspecified atom stereocenters. The summed E-state index contributed by atoms with van der Waals surface area (Å²) >= 11 is 0. The number of fused-ring (bicyclic) bond motifs is 1. The fraction of sp³-hybridized carbons (Fsp3) is 0.276. The molecular weight excluding hydrogens is 484 g/mol. The smallest absolute Gasteiger partial charge is 0.336 e. The van der Waals surface area contributed by atoms with Crippen molar-refractivity contribution in [2.45, 2.75) is 46.6 Å². The van der Waals surface area contributed by atoms with E-state index < -0.39 is 29.5 Å². The van der Waals surface area contributed by atoms with Gasteiger partial charge in [0, 0.05) is 41.2 Å². The molecule has 0 aliphatic rings. The third-order valence-electron chi connectivity index (χ3n) is 5.95.